The van der Waals surface area contributed by atoms with E-state index in [2.05, 4.69) is 5.32 Å². The van der Waals surface area contributed by atoms with E-state index in [-0.39, 0.29) is 16.9 Å². The lowest BCUT2D eigenvalue weighted by molar-refractivity contribution is -0.137. The Morgan fingerprint density at radius 2 is 1.75 bits per heavy atom. The number of anilines is 2. The van der Waals surface area contributed by atoms with E-state index in [1.165, 1.54) is 24.3 Å². The number of alkyl halides is 3. The van der Waals surface area contributed by atoms with Gasteiger partial charge in [-0.1, -0.05) is 18.2 Å². The Balaban J connectivity index is 2.34. The number of aromatic carboxylic acids is 1. The predicted molar refractivity (Wildman–Crippen MR) is 68.1 cm³/mol. The number of para-hydroxylation sites is 1. The molecule has 2 aromatic rings. The van der Waals surface area contributed by atoms with Crippen LogP contribution in [0.4, 0.5) is 24.5 Å². The molecule has 2 rings (SSSR count). The van der Waals surface area contributed by atoms with Crippen molar-refractivity contribution in [1.29, 1.82) is 0 Å². The van der Waals surface area contributed by atoms with Crippen LogP contribution in [0.2, 0.25) is 0 Å². The van der Waals surface area contributed by atoms with Crippen LogP contribution in [0.3, 0.4) is 0 Å². The molecular formula is C14H10F3NO2. The molecule has 20 heavy (non-hydrogen) atoms. The Bertz CT molecular complexity index is 638. The molecule has 0 aliphatic heterocycles. The van der Waals surface area contributed by atoms with Crippen LogP contribution in [-0.2, 0) is 6.18 Å². The van der Waals surface area contributed by atoms with Crippen molar-refractivity contribution in [3.05, 3.63) is 59.7 Å². The van der Waals surface area contributed by atoms with Crippen molar-refractivity contribution >= 4 is 17.3 Å². The van der Waals surface area contributed by atoms with Gasteiger partial charge >= 0.3 is 12.1 Å². The van der Waals surface area contributed by atoms with Crippen LogP contribution >= 0.6 is 0 Å². The number of carboxylic acid groups (broad SMARTS) is 1. The first-order valence-electron chi connectivity index (χ1n) is 5.64. The predicted octanol–water partition coefficient (Wildman–Crippen LogP) is 4.15. The summed E-state index contributed by atoms with van der Waals surface area (Å²) in [6.07, 6.45) is -4.44. The van der Waals surface area contributed by atoms with Crippen LogP contribution in [0.5, 0.6) is 0 Å². The minimum absolute atomic E-state index is 0.00934. The molecule has 0 unspecified atom stereocenters. The van der Waals surface area contributed by atoms with Crippen molar-refractivity contribution in [3.63, 3.8) is 0 Å². The number of rotatable bonds is 3. The fraction of sp³-hybridized carbons (Fsp3) is 0.0714. The minimum Gasteiger partial charge on any atom is -0.478 e. The highest BCUT2D eigenvalue weighted by atomic mass is 19.4. The molecule has 2 N–H and O–H groups in total. The maximum Gasteiger partial charge on any atom is 0.416 e. The average molecular weight is 287 g/mol. The monoisotopic (exact) mass is 287 g/mol. The van der Waals surface area contributed by atoms with Gasteiger partial charge in [0.2, 0.25) is 0 Å². The van der Waals surface area contributed by atoms with E-state index in [9.17, 15) is 18.0 Å². The molecule has 2 aromatic carbocycles. The number of nitrogens with one attached hydrogen (secondary N) is 1. The van der Waals surface area contributed by atoms with Gasteiger partial charge in [0, 0.05) is 5.69 Å². The molecule has 0 heterocycles. The molecule has 0 aromatic heterocycles. The maximum absolute atomic E-state index is 12.6. The Labute approximate surface area is 112 Å². The standard InChI is InChI=1S/C14H10F3NO2/c15-14(16,17)9-4-3-5-10(8-9)18-12-7-2-1-6-11(12)13(19)20/h1-8,18H,(H,19,20)/i1+1,2+1,6+1,7+1,11+1,12+1. The highest BCUT2D eigenvalue weighted by molar-refractivity contribution is 5.95. The largest absolute Gasteiger partial charge is 0.478 e. The Morgan fingerprint density at radius 3 is 2.40 bits per heavy atom. The van der Waals surface area contributed by atoms with E-state index in [0.29, 0.717) is 0 Å². The third-order valence-electron chi connectivity index (χ3n) is 2.63. The molecule has 0 fully saturated rings. The van der Waals surface area contributed by atoms with Gasteiger partial charge in [0.05, 0.1) is 16.8 Å². The van der Waals surface area contributed by atoms with Crippen LogP contribution in [0.25, 0.3) is 0 Å². The maximum atomic E-state index is 12.6. The van der Waals surface area contributed by atoms with Gasteiger partial charge in [0.25, 0.3) is 0 Å². The van der Waals surface area contributed by atoms with Gasteiger partial charge in [0.15, 0.2) is 0 Å². The van der Waals surface area contributed by atoms with E-state index >= 15 is 0 Å². The molecule has 0 saturated heterocycles. The molecule has 0 amide bonds. The lowest BCUT2D eigenvalue weighted by atomic mass is 10.2. The van der Waals surface area contributed by atoms with Crippen LogP contribution in [0.15, 0.2) is 48.5 Å². The summed E-state index contributed by atoms with van der Waals surface area (Å²) >= 11 is 0. The fourth-order valence-electron chi connectivity index (χ4n) is 1.71. The van der Waals surface area contributed by atoms with E-state index in [1.54, 1.807) is 12.1 Å². The first-order chi connectivity index (χ1) is 9.38. The molecule has 0 radical (unpaired) electrons. The summed E-state index contributed by atoms with van der Waals surface area (Å²) in [6, 6.07) is 10.6. The highest BCUT2D eigenvalue weighted by Crippen LogP contribution is 2.31. The summed E-state index contributed by atoms with van der Waals surface area (Å²) in [5, 5.41) is 11.7. The zero-order valence-electron chi connectivity index (χ0n) is 10.1. The smallest absolute Gasteiger partial charge is 0.416 e. The summed E-state index contributed by atoms with van der Waals surface area (Å²) < 4.78 is 37.8. The van der Waals surface area contributed by atoms with Crippen molar-refractivity contribution in [2.75, 3.05) is 5.32 Å². The van der Waals surface area contributed by atoms with E-state index in [1.807, 2.05) is 0 Å². The van der Waals surface area contributed by atoms with Crippen molar-refractivity contribution < 1.29 is 23.1 Å². The van der Waals surface area contributed by atoms with Gasteiger partial charge in [0.1, 0.15) is 0 Å². The van der Waals surface area contributed by atoms with Crippen molar-refractivity contribution in [2.45, 2.75) is 6.18 Å². The van der Waals surface area contributed by atoms with Gasteiger partial charge < -0.3 is 10.4 Å². The van der Waals surface area contributed by atoms with Crippen LogP contribution in [0.1, 0.15) is 15.9 Å². The lowest BCUT2D eigenvalue weighted by Gasteiger charge is -2.12. The lowest BCUT2D eigenvalue weighted by Crippen LogP contribution is -2.06. The molecular weight excluding hydrogens is 277 g/mol. The summed E-state index contributed by atoms with van der Waals surface area (Å²) in [5.41, 5.74) is -0.395. The number of hydrogen-bond donors (Lipinski definition) is 2. The zero-order chi connectivity index (χ0) is 14.8. The number of carboxylic acids is 1. The van der Waals surface area contributed by atoms with E-state index in [0.717, 1.165) is 12.1 Å². The van der Waals surface area contributed by atoms with Gasteiger partial charge in [-0.3, -0.25) is 0 Å². The van der Waals surface area contributed by atoms with E-state index in [4.69, 9.17) is 5.11 Å². The molecule has 104 valence electrons. The van der Waals surface area contributed by atoms with Crippen LogP contribution < -0.4 is 5.32 Å². The zero-order valence-corrected chi connectivity index (χ0v) is 10.1. The second-order valence-electron chi connectivity index (χ2n) is 4.05. The number of carbonyl (C=O) groups is 1. The topological polar surface area (TPSA) is 49.3 Å². The van der Waals surface area contributed by atoms with Crippen molar-refractivity contribution in [2.24, 2.45) is 0 Å². The Hall–Kier alpha value is -2.50. The first-order valence-corrected chi connectivity index (χ1v) is 5.64. The summed E-state index contributed by atoms with van der Waals surface area (Å²) in [7, 11) is 0. The minimum atomic E-state index is -4.44. The molecule has 0 bridgehead atoms. The molecule has 0 atom stereocenters. The van der Waals surface area contributed by atoms with Gasteiger partial charge in [-0.15, -0.1) is 0 Å². The number of halogens is 3. The van der Waals surface area contributed by atoms with Gasteiger partial charge in [-0.25, -0.2) is 4.79 Å². The third kappa shape index (κ3) is 3.09. The Morgan fingerprint density at radius 1 is 1.05 bits per heavy atom. The fourth-order valence-corrected chi connectivity index (χ4v) is 1.71. The summed E-state index contributed by atoms with van der Waals surface area (Å²) in [6.45, 7) is 0. The quantitative estimate of drug-likeness (QED) is 0.891. The first kappa shape index (κ1) is 13.9. The normalized spacial score (nSPS) is 11.2. The second-order valence-corrected chi connectivity index (χ2v) is 4.05. The molecule has 0 saturated carbocycles. The SMILES string of the molecule is O=C(O)[13c]1[13cH][13cH][13cH][13cH][13c]1Nc1cccc(C(F)(F)F)c1. The average Bonchev–Trinajstić information content (AvgIpc) is 2.38. The van der Waals surface area contributed by atoms with Crippen molar-refractivity contribution in [3.8, 4) is 0 Å². The molecule has 0 aliphatic rings. The second kappa shape index (κ2) is 5.24. The van der Waals surface area contributed by atoms with Crippen LogP contribution in [-0.4, -0.2) is 11.1 Å². The molecule has 6 heteroatoms. The van der Waals surface area contributed by atoms with Crippen LogP contribution in [0, 0.1) is 0 Å². The summed E-state index contributed by atoms with van der Waals surface area (Å²) in [5.74, 6) is -1.15. The van der Waals surface area contributed by atoms with Gasteiger partial charge in [-0.2, -0.15) is 13.2 Å². The van der Waals surface area contributed by atoms with Gasteiger partial charge in [-0.05, 0) is 30.3 Å². The third-order valence-corrected chi connectivity index (χ3v) is 2.63. The summed E-state index contributed by atoms with van der Waals surface area (Å²) in [4.78, 5) is 11.0. The number of benzene rings is 2. The highest BCUT2D eigenvalue weighted by Gasteiger charge is 2.30. The van der Waals surface area contributed by atoms with Crippen molar-refractivity contribution in [1.82, 2.24) is 0 Å². The Kier molecular flexibility index (Phi) is 3.65. The van der Waals surface area contributed by atoms with E-state index < -0.39 is 17.7 Å². The molecule has 0 aliphatic carbocycles. The molecule has 0 spiro atoms. The number of hydrogen-bond acceptors (Lipinski definition) is 2. The molecule has 3 nitrogen and oxygen atoms in total.